The molecule has 0 bridgehead atoms. The molecule has 0 radical (unpaired) electrons. The Balaban J connectivity index is 1.47. The Morgan fingerprint density at radius 2 is 1.75 bits per heavy atom. The van der Waals surface area contributed by atoms with Crippen LogP contribution in [0, 0.1) is 0 Å². The summed E-state index contributed by atoms with van der Waals surface area (Å²) in [6, 6.07) is 23.1. The van der Waals surface area contributed by atoms with Crippen LogP contribution in [0.25, 0.3) is 5.65 Å². The minimum Gasteiger partial charge on any atom is -0.489 e. The molecule has 0 aliphatic heterocycles. The van der Waals surface area contributed by atoms with Gasteiger partial charge in [-0.3, -0.25) is 9.20 Å². The summed E-state index contributed by atoms with van der Waals surface area (Å²) in [5.74, 6) is 0.583. The number of hydrogen-bond acceptors (Lipinski definition) is 3. The fourth-order valence-corrected chi connectivity index (χ4v) is 3.10. The van der Waals surface area contributed by atoms with E-state index in [1.807, 2.05) is 90.3 Å². The van der Waals surface area contributed by atoms with E-state index in [0.29, 0.717) is 24.4 Å². The Hall–Kier alpha value is -3.60. The molecule has 5 heteroatoms. The van der Waals surface area contributed by atoms with Crippen LogP contribution in [0.1, 0.15) is 28.7 Å². The molecule has 0 spiro atoms. The predicted octanol–water partition coefficient (Wildman–Crippen LogP) is 4.73. The molecule has 4 rings (SSSR count). The molecule has 0 aliphatic rings. The molecule has 28 heavy (non-hydrogen) atoms. The number of pyridine rings is 1. The summed E-state index contributed by atoms with van der Waals surface area (Å²) in [5.41, 5.74) is 3.95. The van der Waals surface area contributed by atoms with Crippen molar-refractivity contribution in [1.82, 2.24) is 9.38 Å². The number of amides is 1. The van der Waals surface area contributed by atoms with Crippen LogP contribution in [-0.2, 0) is 13.0 Å². The number of rotatable bonds is 6. The number of carbonyl (C=O) groups is 1. The molecule has 0 fully saturated rings. The van der Waals surface area contributed by atoms with Crippen LogP contribution in [0.3, 0.4) is 0 Å². The highest BCUT2D eigenvalue weighted by Gasteiger charge is 2.18. The fourth-order valence-electron chi connectivity index (χ4n) is 3.10. The third-order valence-electron chi connectivity index (χ3n) is 4.51. The van der Waals surface area contributed by atoms with E-state index in [1.165, 1.54) is 0 Å². The minimum atomic E-state index is -0.173. The monoisotopic (exact) mass is 371 g/mol. The van der Waals surface area contributed by atoms with Crippen LogP contribution in [-0.4, -0.2) is 15.3 Å². The molecule has 2 aromatic carbocycles. The normalized spacial score (nSPS) is 10.8. The predicted molar refractivity (Wildman–Crippen MR) is 110 cm³/mol. The maximum Gasteiger partial charge on any atom is 0.274 e. The average Bonchev–Trinajstić information content (AvgIpc) is 3.13. The molecule has 2 heterocycles. The third kappa shape index (κ3) is 3.74. The summed E-state index contributed by atoms with van der Waals surface area (Å²) in [4.78, 5) is 17.4. The largest absolute Gasteiger partial charge is 0.489 e. The summed E-state index contributed by atoms with van der Waals surface area (Å²) in [6.45, 7) is 2.51. The molecule has 0 saturated carbocycles. The Bertz CT molecular complexity index is 1090. The van der Waals surface area contributed by atoms with Crippen LogP contribution < -0.4 is 10.1 Å². The van der Waals surface area contributed by atoms with Gasteiger partial charge in [-0.05, 0) is 48.4 Å². The highest BCUT2D eigenvalue weighted by atomic mass is 16.5. The topological polar surface area (TPSA) is 55.6 Å². The molecule has 0 saturated heterocycles. The van der Waals surface area contributed by atoms with E-state index in [2.05, 4.69) is 10.3 Å². The first kappa shape index (κ1) is 17.8. The van der Waals surface area contributed by atoms with Crippen molar-refractivity contribution in [3.05, 3.63) is 95.9 Å². The highest BCUT2D eigenvalue weighted by molar-refractivity contribution is 6.04. The van der Waals surface area contributed by atoms with Gasteiger partial charge in [0.15, 0.2) is 0 Å². The van der Waals surface area contributed by atoms with Gasteiger partial charge >= 0.3 is 0 Å². The first-order valence-electron chi connectivity index (χ1n) is 9.28. The summed E-state index contributed by atoms with van der Waals surface area (Å²) in [7, 11) is 0. The van der Waals surface area contributed by atoms with Crippen LogP contribution in [0.15, 0.2) is 79.0 Å². The maximum absolute atomic E-state index is 12.9. The van der Waals surface area contributed by atoms with Gasteiger partial charge in [0, 0.05) is 11.9 Å². The van der Waals surface area contributed by atoms with E-state index in [9.17, 15) is 4.79 Å². The zero-order chi connectivity index (χ0) is 19.3. The van der Waals surface area contributed by atoms with Gasteiger partial charge in [-0.25, -0.2) is 4.98 Å². The molecule has 2 aromatic heterocycles. The Kier molecular flexibility index (Phi) is 5.06. The Morgan fingerprint density at radius 1 is 1.00 bits per heavy atom. The number of hydrogen-bond donors (Lipinski definition) is 1. The zero-order valence-corrected chi connectivity index (χ0v) is 15.6. The van der Waals surface area contributed by atoms with Gasteiger partial charge in [0.25, 0.3) is 5.91 Å². The second-order valence-corrected chi connectivity index (χ2v) is 6.44. The summed E-state index contributed by atoms with van der Waals surface area (Å²) in [6.07, 6.45) is 2.55. The van der Waals surface area contributed by atoms with Crippen molar-refractivity contribution in [2.24, 2.45) is 0 Å². The lowest BCUT2D eigenvalue weighted by Gasteiger charge is -2.09. The van der Waals surface area contributed by atoms with Crippen molar-refractivity contribution >= 4 is 17.2 Å². The lowest BCUT2D eigenvalue weighted by atomic mass is 10.2. The number of nitrogens with zero attached hydrogens (tertiary/aromatic N) is 2. The van der Waals surface area contributed by atoms with Crippen LogP contribution in [0.5, 0.6) is 5.75 Å². The van der Waals surface area contributed by atoms with Crippen LogP contribution in [0.4, 0.5) is 5.69 Å². The molecule has 1 amide bonds. The molecular formula is C23H21N3O2. The van der Waals surface area contributed by atoms with E-state index in [4.69, 9.17) is 4.74 Å². The molecule has 140 valence electrons. The lowest BCUT2D eigenvalue weighted by molar-refractivity contribution is 0.102. The van der Waals surface area contributed by atoms with E-state index >= 15 is 0 Å². The van der Waals surface area contributed by atoms with Crippen molar-refractivity contribution in [1.29, 1.82) is 0 Å². The number of ether oxygens (including phenoxy) is 1. The lowest BCUT2D eigenvalue weighted by Crippen LogP contribution is -2.16. The van der Waals surface area contributed by atoms with Crippen molar-refractivity contribution in [3.8, 4) is 5.75 Å². The van der Waals surface area contributed by atoms with Gasteiger partial charge in [0.05, 0.1) is 5.69 Å². The zero-order valence-electron chi connectivity index (χ0n) is 15.6. The van der Waals surface area contributed by atoms with Gasteiger partial charge in [0.2, 0.25) is 0 Å². The van der Waals surface area contributed by atoms with E-state index in [1.54, 1.807) is 0 Å². The summed E-state index contributed by atoms with van der Waals surface area (Å²) in [5, 5.41) is 2.96. The number of benzene rings is 2. The highest BCUT2D eigenvalue weighted by Crippen LogP contribution is 2.19. The SMILES string of the molecule is CCc1nc2ccccn2c1C(=O)Nc1ccc(OCc2ccccc2)cc1. The van der Waals surface area contributed by atoms with Crippen molar-refractivity contribution in [2.45, 2.75) is 20.0 Å². The van der Waals surface area contributed by atoms with Crippen molar-refractivity contribution < 1.29 is 9.53 Å². The van der Waals surface area contributed by atoms with Gasteiger partial charge in [-0.2, -0.15) is 0 Å². The van der Waals surface area contributed by atoms with Crippen LogP contribution >= 0.6 is 0 Å². The third-order valence-corrected chi connectivity index (χ3v) is 4.51. The summed E-state index contributed by atoms with van der Waals surface area (Å²) >= 11 is 0. The summed E-state index contributed by atoms with van der Waals surface area (Å²) < 4.78 is 7.62. The molecule has 0 unspecified atom stereocenters. The fraction of sp³-hybridized carbons (Fsp3) is 0.130. The first-order chi connectivity index (χ1) is 13.7. The van der Waals surface area contributed by atoms with Gasteiger partial charge in [-0.1, -0.05) is 43.3 Å². The van der Waals surface area contributed by atoms with Crippen molar-refractivity contribution in [3.63, 3.8) is 0 Å². The molecule has 4 aromatic rings. The molecule has 1 N–H and O–H groups in total. The van der Waals surface area contributed by atoms with Crippen LogP contribution in [0.2, 0.25) is 0 Å². The van der Waals surface area contributed by atoms with Gasteiger partial charge in [0.1, 0.15) is 23.7 Å². The Morgan fingerprint density at radius 3 is 2.50 bits per heavy atom. The Labute approximate surface area is 163 Å². The van der Waals surface area contributed by atoms with E-state index in [0.717, 1.165) is 22.7 Å². The van der Waals surface area contributed by atoms with E-state index < -0.39 is 0 Å². The number of anilines is 1. The quantitative estimate of drug-likeness (QED) is 0.533. The number of carbonyl (C=O) groups excluding carboxylic acids is 1. The number of aryl methyl sites for hydroxylation is 1. The van der Waals surface area contributed by atoms with Crippen molar-refractivity contribution in [2.75, 3.05) is 5.32 Å². The van der Waals surface area contributed by atoms with Gasteiger partial charge < -0.3 is 10.1 Å². The number of aromatic nitrogens is 2. The number of fused-ring (bicyclic) bond motifs is 1. The average molecular weight is 371 g/mol. The van der Waals surface area contributed by atoms with E-state index in [-0.39, 0.29) is 5.91 Å². The second-order valence-electron chi connectivity index (χ2n) is 6.44. The number of nitrogens with one attached hydrogen (secondary N) is 1. The maximum atomic E-state index is 12.9. The minimum absolute atomic E-state index is 0.173. The smallest absolute Gasteiger partial charge is 0.274 e. The second kappa shape index (κ2) is 7.96. The molecular weight excluding hydrogens is 350 g/mol. The molecule has 0 aliphatic carbocycles. The number of imidazole rings is 1. The molecule has 0 atom stereocenters. The first-order valence-corrected chi connectivity index (χ1v) is 9.28. The standard InChI is InChI=1S/C23H21N3O2/c1-2-20-22(26-15-7-6-10-21(26)25-20)23(27)24-18-11-13-19(14-12-18)28-16-17-8-4-3-5-9-17/h3-15H,2,16H2,1H3,(H,24,27). The molecule has 5 nitrogen and oxygen atoms in total. The van der Waals surface area contributed by atoms with Gasteiger partial charge in [-0.15, -0.1) is 0 Å².